The lowest BCUT2D eigenvalue weighted by molar-refractivity contribution is -0.0191. The van der Waals surface area contributed by atoms with Crippen LogP contribution in [0.3, 0.4) is 0 Å². The van der Waals surface area contributed by atoms with Crippen molar-refractivity contribution >= 4 is 21.5 Å². The van der Waals surface area contributed by atoms with Gasteiger partial charge >= 0.3 is 0 Å². The lowest BCUT2D eigenvalue weighted by Crippen LogP contribution is -2.38. The van der Waals surface area contributed by atoms with Gasteiger partial charge in [-0.25, -0.2) is 8.42 Å². The zero-order chi connectivity index (χ0) is 28.4. The predicted octanol–water partition coefficient (Wildman–Crippen LogP) is 4.49. The molecule has 0 unspecified atom stereocenters. The predicted molar refractivity (Wildman–Crippen MR) is 149 cm³/mol. The summed E-state index contributed by atoms with van der Waals surface area (Å²) in [5.41, 5.74) is 1.07. The molecule has 8 heteroatoms. The van der Waals surface area contributed by atoms with Gasteiger partial charge in [0.2, 0.25) is 0 Å². The summed E-state index contributed by atoms with van der Waals surface area (Å²) in [6, 6.07) is 12.9. The number of nitrogens with one attached hydrogen (secondary N) is 1. The number of ether oxygens (including phenoxy) is 2. The van der Waals surface area contributed by atoms with Crippen LogP contribution >= 0.6 is 0 Å². The maximum atomic E-state index is 12.8. The molecule has 2 aromatic carbocycles. The fraction of sp³-hybridized carbons (Fsp3) is 0.467. The largest absolute Gasteiger partial charge is 0.380 e. The van der Waals surface area contributed by atoms with Gasteiger partial charge in [0, 0.05) is 34.9 Å². The minimum atomic E-state index is -3.58. The second-order valence-corrected chi connectivity index (χ2v) is 13.2. The Morgan fingerprint density at radius 1 is 0.921 bits per heavy atom. The van der Waals surface area contributed by atoms with Gasteiger partial charge in [-0.1, -0.05) is 63.4 Å². The van der Waals surface area contributed by atoms with Crippen LogP contribution in [-0.2, 0) is 19.3 Å². The van der Waals surface area contributed by atoms with Gasteiger partial charge in [0.15, 0.2) is 15.6 Å². The standard InChI is InChI=1S/C30H39NO6S/c1-7-16-36-21-30(5,6)22-37-20-29(3,4)19-31-28(33)25-10-8-9-24(18-25)27(32)15-17-38(34,35)26-13-11-23(2)12-14-26/h1,8-14,18H,15-17,19-22H2,2-6H3,(H,31,33). The Morgan fingerprint density at radius 3 is 2.18 bits per heavy atom. The number of hydrogen-bond acceptors (Lipinski definition) is 6. The third-order valence-corrected chi connectivity index (χ3v) is 7.55. The summed E-state index contributed by atoms with van der Waals surface area (Å²) < 4.78 is 36.5. The smallest absolute Gasteiger partial charge is 0.251 e. The van der Waals surface area contributed by atoms with Gasteiger partial charge in [-0.15, -0.1) is 6.42 Å². The summed E-state index contributed by atoms with van der Waals surface area (Å²) in [4.78, 5) is 25.7. The van der Waals surface area contributed by atoms with Crippen LogP contribution in [-0.4, -0.2) is 58.8 Å². The molecule has 0 aliphatic carbocycles. The molecule has 0 aromatic heterocycles. The second-order valence-electron chi connectivity index (χ2n) is 11.1. The molecule has 2 aromatic rings. The molecule has 2 rings (SSSR count). The maximum absolute atomic E-state index is 12.8. The first-order chi connectivity index (χ1) is 17.7. The molecule has 0 aliphatic heterocycles. The zero-order valence-electron chi connectivity index (χ0n) is 23.0. The highest BCUT2D eigenvalue weighted by Gasteiger charge is 2.24. The second kappa shape index (κ2) is 13.7. The van der Waals surface area contributed by atoms with Crippen molar-refractivity contribution in [1.29, 1.82) is 0 Å². The van der Waals surface area contributed by atoms with Crippen molar-refractivity contribution in [3.63, 3.8) is 0 Å². The average molecular weight is 542 g/mol. The van der Waals surface area contributed by atoms with E-state index in [-0.39, 0.29) is 46.2 Å². The summed E-state index contributed by atoms with van der Waals surface area (Å²) in [6.07, 6.45) is 5.04. The first-order valence-electron chi connectivity index (χ1n) is 12.5. The number of amides is 1. The SMILES string of the molecule is C#CCOCC(C)(C)COCC(C)(C)CNC(=O)c1cccc(C(=O)CCS(=O)(=O)c2ccc(C)cc2)c1. The van der Waals surface area contributed by atoms with Crippen molar-refractivity contribution in [3.05, 3.63) is 65.2 Å². The third kappa shape index (κ3) is 10.4. The van der Waals surface area contributed by atoms with Crippen LogP contribution in [0.15, 0.2) is 53.4 Å². The molecule has 0 heterocycles. The minimum Gasteiger partial charge on any atom is -0.380 e. The Kier molecular flexibility index (Phi) is 11.3. The molecule has 0 aliphatic rings. The van der Waals surface area contributed by atoms with Gasteiger partial charge in [-0.3, -0.25) is 9.59 Å². The average Bonchev–Trinajstić information content (AvgIpc) is 2.86. The number of ketones is 1. The molecular weight excluding hydrogens is 502 g/mol. The van der Waals surface area contributed by atoms with Crippen LogP contribution in [0.25, 0.3) is 0 Å². The number of rotatable bonds is 15. The number of terminal acetylenes is 1. The van der Waals surface area contributed by atoms with Crippen LogP contribution < -0.4 is 5.32 Å². The van der Waals surface area contributed by atoms with Gasteiger partial charge in [-0.05, 0) is 31.2 Å². The summed E-state index contributed by atoms with van der Waals surface area (Å²) in [5.74, 6) is 1.49. The van der Waals surface area contributed by atoms with Crippen molar-refractivity contribution in [2.75, 3.05) is 38.7 Å². The Morgan fingerprint density at radius 2 is 1.53 bits per heavy atom. The van der Waals surface area contributed by atoms with Gasteiger partial charge in [0.25, 0.3) is 5.91 Å². The van der Waals surface area contributed by atoms with E-state index in [2.05, 4.69) is 11.2 Å². The molecule has 0 saturated heterocycles. The molecule has 1 N–H and O–H groups in total. The molecule has 0 spiro atoms. The minimum absolute atomic E-state index is 0.171. The Bertz CT molecular complexity index is 1240. The van der Waals surface area contributed by atoms with E-state index in [9.17, 15) is 18.0 Å². The number of Topliss-reactive ketones (excluding diaryl/α,β-unsaturated/α-hetero) is 1. The van der Waals surface area contributed by atoms with E-state index in [1.807, 2.05) is 34.6 Å². The van der Waals surface area contributed by atoms with Crippen LogP contribution in [0, 0.1) is 30.1 Å². The van der Waals surface area contributed by atoms with Crippen molar-refractivity contribution < 1.29 is 27.5 Å². The van der Waals surface area contributed by atoms with Gasteiger partial charge in [-0.2, -0.15) is 0 Å². The Labute approximate surface area is 227 Å². The van der Waals surface area contributed by atoms with Gasteiger partial charge < -0.3 is 14.8 Å². The van der Waals surface area contributed by atoms with Gasteiger partial charge in [0.05, 0.1) is 30.5 Å². The number of sulfone groups is 1. The summed E-state index contributed by atoms with van der Waals surface area (Å²) in [6.45, 7) is 12.0. The highest BCUT2D eigenvalue weighted by atomic mass is 32.2. The molecule has 7 nitrogen and oxygen atoms in total. The summed E-state index contributed by atoms with van der Waals surface area (Å²) in [5, 5.41) is 2.90. The monoisotopic (exact) mass is 541 g/mol. The van der Waals surface area contributed by atoms with Crippen LogP contribution in [0.1, 0.15) is 60.4 Å². The quantitative estimate of drug-likeness (QED) is 0.203. The number of carbonyl (C=O) groups is 2. The van der Waals surface area contributed by atoms with E-state index in [0.717, 1.165) is 5.56 Å². The van der Waals surface area contributed by atoms with Crippen LogP contribution in [0.5, 0.6) is 0 Å². The fourth-order valence-electron chi connectivity index (χ4n) is 3.57. The first kappa shape index (κ1) is 31.2. The van der Waals surface area contributed by atoms with E-state index < -0.39 is 9.84 Å². The van der Waals surface area contributed by atoms with E-state index >= 15 is 0 Å². The van der Waals surface area contributed by atoms with E-state index in [4.69, 9.17) is 15.9 Å². The maximum Gasteiger partial charge on any atom is 0.251 e. The topological polar surface area (TPSA) is 98.8 Å². The fourth-order valence-corrected chi connectivity index (χ4v) is 4.81. The summed E-state index contributed by atoms with van der Waals surface area (Å²) in [7, 11) is -3.58. The summed E-state index contributed by atoms with van der Waals surface area (Å²) >= 11 is 0. The van der Waals surface area contributed by atoms with Crippen molar-refractivity contribution in [3.8, 4) is 12.3 Å². The third-order valence-electron chi connectivity index (χ3n) is 5.82. The molecular formula is C30H39NO6S. The van der Waals surface area contributed by atoms with Crippen molar-refractivity contribution in [2.24, 2.45) is 10.8 Å². The number of benzene rings is 2. The van der Waals surface area contributed by atoms with Gasteiger partial charge in [0.1, 0.15) is 6.61 Å². The number of hydrogen-bond donors (Lipinski definition) is 1. The molecule has 1 amide bonds. The van der Waals surface area contributed by atoms with E-state index in [1.54, 1.807) is 42.5 Å². The van der Waals surface area contributed by atoms with Crippen molar-refractivity contribution in [2.45, 2.75) is 45.9 Å². The molecule has 206 valence electrons. The first-order valence-corrected chi connectivity index (χ1v) is 14.2. The highest BCUT2D eigenvalue weighted by Crippen LogP contribution is 2.20. The van der Waals surface area contributed by atoms with E-state index in [1.165, 1.54) is 6.07 Å². The normalized spacial score (nSPS) is 12.1. The lowest BCUT2D eigenvalue weighted by Gasteiger charge is -2.29. The highest BCUT2D eigenvalue weighted by molar-refractivity contribution is 7.91. The van der Waals surface area contributed by atoms with Crippen LogP contribution in [0.2, 0.25) is 0 Å². The molecule has 0 bridgehead atoms. The van der Waals surface area contributed by atoms with E-state index in [0.29, 0.717) is 37.5 Å². The molecule has 0 fully saturated rings. The lowest BCUT2D eigenvalue weighted by atomic mass is 9.93. The number of aryl methyl sites for hydroxylation is 1. The Hall–Kier alpha value is -2.99. The van der Waals surface area contributed by atoms with Crippen LogP contribution in [0.4, 0.5) is 0 Å². The van der Waals surface area contributed by atoms with Crippen molar-refractivity contribution in [1.82, 2.24) is 5.32 Å². The number of carbonyl (C=O) groups excluding carboxylic acids is 2. The Balaban J connectivity index is 1.88. The zero-order valence-corrected chi connectivity index (χ0v) is 23.8. The molecule has 38 heavy (non-hydrogen) atoms. The molecule has 0 saturated carbocycles. The molecule has 0 radical (unpaired) electrons. The molecule has 0 atom stereocenters.